The molecule has 0 spiro atoms. The van der Waals surface area contributed by atoms with Crippen LogP contribution in [0.3, 0.4) is 0 Å². The molecule has 1 amide bonds. The highest BCUT2D eigenvalue weighted by Crippen LogP contribution is 2.26. The van der Waals surface area contributed by atoms with Crippen molar-refractivity contribution in [3.63, 3.8) is 0 Å². The predicted octanol–water partition coefficient (Wildman–Crippen LogP) is 3.64. The van der Waals surface area contributed by atoms with Crippen LogP contribution in [0.25, 0.3) is 0 Å². The number of nitrogens with one attached hydrogen (secondary N) is 1. The number of hydrogen-bond acceptors (Lipinski definition) is 4. The van der Waals surface area contributed by atoms with Crippen molar-refractivity contribution >= 4 is 17.7 Å². The van der Waals surface area contributed by atoms with Gasteiger partial charge in [0, 0.05) is 30.1 Å². The van der Waals surface area contributed by atoms with Gasteiger partial charge in [-0.2, -0.15) is 0 Å². The van der Waals surface area contributed by atoms with Crippen LogP contribution in [0.15, 0.2) is 53.4 Å². The normalized spacial score (nSPS) is 17.1. The summed E-state index contributed by atoms with van der Waals surface area (Å²) in [6, 6.07) is 13.3. The van der Waals surface area contributed by atoms with Crippen LogP contribution in [0.4, 0.5) is 8.78 Å². The SMILES string of the molecule is C[C@H](NC(=O)CSc1ccc(F)cc1F)[C@@H](c1ccccc1)N1CCOCC1. The molecule has 28 heavy (non-hydrogen) atoms. The van der Waals surface area contributed by atoms with Crippen molar-refractivity contribution in [3.8, 4) is 0 Å². The van der Waals surface area contributed by atoms with Crippen LogP contribution in [-0.4, -0.2) is 48.9 Å². The zero-order valence-corrected chi connectivity index (χ0v) is 16.6. The van der Waals surface area contributed by atoms with Crippen molar-refractivity contribution in [2.24, 2.45) is 0 Å². The summed E-state index contributed by atoms with van der Waals surface area (Å²) in [7, 11) is 0. The summed E-state index contributed by atoms with van der Waals surface area (Å²) < 4.78 is 32.2. The monoisotopic (exact) mass is 406 g/mol. The van der Waals surface area contributed by atoms with Crippen molar-refractivity contribution in [1.82, 2.24) is 10.2 Å². The smallest absolute Gasteiger partial charge is 0.230 e. The first-order chi connectivity index (χ1) is 13.5. The molecule has 150 valence electrons. The van der Waals surface area contributed by atoms with E-state index in [0.29, 0.717) is 13.2 Å². The number of carbonyl (C=O) groups is 1. The van der Waals surface area contributed by atoms with Crippen molar-refractivity contribution in [2.45, 2.75) is 23.9 Å². The van der Waals surface area contributed by atoms with Crippen LogP contribution in [0.5, 0.6) is 0 Å². The Morgan fingerprint density at radius 2 is 1.89 bits per heavy atom. The van der Waals surface area contributed by atoms with E-state index in [1.165, 1.54) is 12.1 Å². The second-order valence-electron chi connectivity index (χ2n) is 6.72. The summed E-state index contributed by atoms with van der Waals surface area (Å²) in [5.41, 5.74) is 1.13. The fourth-order valence-electron chi connectivity index (χ4n) is 3.43. The fourth-order valence-corrected chi connectivity index (χ4v) is 4.16. The number of ether oxygens (including phenoxy) is 1. The molecule has 1 aliphatic heterocycles. The van der Waals surface area contributed by atoms with Crippen molar-refractivity contribution in [3.05, 3.63) is 65.7 Å². The Balaban J connectivity index is 1.63. The molecule has 2 atom stereocenters. The van der Waals surface area contributed by atoms with Crippen molar-refractivity contribution in [2.75, 3.05) is 32.1 Å². The van der Waals surface area contributed by atoms with Crippen LogP contribution in [0.1, 0.15) is 18.5 Å². The quantitative estimate of drug-likeness (QED) is 0.713. The average Bonchev–Trinajstić information content (AvgIpc) is 2.69. The highest BCUT2D eigenvalue weighted by Gasteiger charge is 2.28. The molecule has 1 fully saturated rings. The Morgan fingerprint density at radius 1 is 1.18 bits per heavy atom. The van der Waals surface area contributed by atoms with Gasteiger partial charge in [0.25, 0.3) is 0 Å². The third-order valence-corrected chi connectivity index (χ3v) is 5.74. The van der Waals surface area contributed by atoms with Gasteiger partial charge in [0.2, 0.25) is 5.91 Å². The van der Waals surface area contributed by atoms with E-state index in [2.05, 4.69) is 22.3 Å². The molecule has 3 rings (SSSR count). The molecule has 0 radical (unpaired) electrons. The van der Waals surface area contributed by atoms with E-state index < -0.39 is 11.6 Å². The number of hydrogen-bond donors (Lipinski definition) is 1. The number of carbonyl (C=O) groups excluding carboxylic acids is 1. The summed E-state index contributed by atoms with van der Waals surface area (Å²) in [5, 5.41) is 3.04. The number of halogens is 2. The average molecular weight is 406 g/mol. The third-order valence-electron chi connectivity index (χ3n) is 4.70. The molecule has 0 unspecified atom stereocenters. The van der Waals surface area contributed by atoms with Crippen LogP contribution in [0.2, 0.25) is 0 Å². The summed E-state index contributed by atoms with van der Waals surface area (Å²) in [6.07, 6.45) is 0. The van der Waals surface area contributed by atoms with Gasteiger partial charge in [0.05, 0.1) is 25.0 Å². The lowest BCUT2D eigenvalue weighted by molar-refractivity contribution is -0.119. The second-order valence-corrected chi connectivity index (χ2v) is 7.74. The predicted molar refractivity (Wildman–Crippen MR) is 106 cm³/mol. The molecular formula is C21H24F2N2O2S. The Bertz CT molecular complexity index is 785. The zero-order valence-electron chi connectivity index (χ0n) is 15.7. The summed E-state index contributed by atoms with van der Waals surface area (Å²) in [6.45, 7) is 4.92. The molecule has 7 heteroatoms. The van der Waals surface area contributed by atoms with Crippen molar-refractivity contribution in [1.29, 1.82) is 0 Å². The first-order valence-electron chi connectivity index (χ1n) is 9.28. The van der Waals surface area contributed by atoms with E-state index >= 15 is 0 Å². The molecule has 1 heterocycles. The molecule has 1 N–H and O–H groups in total. The summed E-state index contributed by atoms with van der Waals surface area (Å²) >= 11 is 1.06. The summed E-state index contributed by atoms with van der Waals surface area (Å²) in [5.74, 6) is -1.40. The Kier molecular flexibility index (Phi) is 7.42. The summed E-state index contributed by atoms with van der Waals surface area (Å²) in [4.78, 5) is 15.0. The van der Waals surface area contributed by atoms with E-state index in [-0.39, 0.29) is 28.6 Å². The molecule has 0 saturated carbocycles. The van der Waals surface area contributed by atoms with E-state index in [4.69, 9.17) is 4.74 Å². The van der Waals surface area contributed by atoms with Gasteiger partial charge < -0.3 is 10.1 Å². The largest absolute Gasteiger partial charge is 0.379 e. The number of nitrogens with zero attached hydrogens (tertiary/aromatic N) is 1. The molecule has 2 aromatic rings. The lowest BCUT2D eigenvalue weighted by atomic mass is 9.98. The van der Waals surface area contributed by atoms with E-state index in [0.717, 1.165) is 36.5 Å². The van der Waals surface area contributed by atoms with Gasteiger partial charge in [0.1, 0.15) is 11.6 Å². The topological polar surface area (TPSA) is 41.6 Å². The van der Waals surface area contributed by atoms with E-state index in [1.54, 1.807) is 0 Å². The minimum absolute atomic E-state index is 0.0293. The molecule has 1 aliphatic rings. The van der Waals surface area contributed by atoms with Gasteiger partial charge in [-0.1, -0.05) is 30.3 Å². The first kappa shape index (κ1) is 20.8. The highest BCUT2D eigenvalue weighted by molar-refractivity contribution is 8.00. The Morgan fingerprint density at radius 3 is 2.57 bits per heavy atom. The molecule has 4 nitrogen and oxygen atoms in total. The third kappa shape index (κ3) is 5.53. The van der Waals surface area contributed by atoms with Crippen LogP contribution in [-0.2, 0) is 9.53 Å². The van der Waals surface area contributed by atoms with Gasteiger partial charge in [-0.3, -0.25) is 9.69 Å². The number of amides is 1. The molecule has 0 aromatic heterocycles. The standard InChI is InChI=1S/C21H24F2N2O2S/c1-15(24-20(26)14-28-19-8-7-17(22)13-18(19)23)21(16-5-3-2-4-6-16)25-9-11-27-12-10-25/h2-8,13,15,21H,9-12,14H2,1H3,(H,24,26)/t15-,21-/m0/s1. The van der Waals surface area contributed by atoms with Gasteiger partial charge in [-0.05, 0) is 24.6 Å². The number of morpholine rings is 1. The van der Waals surface area contributed by atoms with Crippen LogP contribution >= 0.6 is 11.8 Å². The van der Waals surface area contributed by atoms with Gasteiger partial charge >= 0.3 is 0 Å². The Labute approximate surface area is 168 Å². The van der Waals surface area contributed by atoms with E-state index in [9.17, 15) is 13.6 Å². The maximum absolute atomic E-state index is 13.7. The number of rotatable bonds is 7. The van der Waals surface area contributed by atoms with Gasteiger partial charge in [0.15, 0.2) is 0 Å². The molecule has 0 aliphatic carbocycles. The minimum atomic E-state index is -0.652. The maximum atomic E-state index is 13.7. The van der Waals surface area contributed by atoms with Gasteiger partial charge in [-0.15, -0.1) is 11.8 Å². The van der Waals surface area contributed by atoms with Crippen molar-refractivity contribution < 1.29 is 18.3 Å². The van der Waals surface area contributed by atoms with Gasteiger partial charge in [-0.25, -0.2) is 8.78 Å². The lowest BCUT2D eigenvalue weighted by Gasteiger charge is -2.38. The molecular weight excluding hydrogens is 382 g/mol. The van der Waals surface area contributed by atoms with Crippen LogP contribution < -0.4 is 5.32 Å². The number of benzene rings is 2. The Hall–Kier alpha value is -1.96. The highest BCUT2D eigenvalue weighted by atomic mass is 32.2. The fraction of sp³-hybridized carbons (Fsp3) is 0.381. The minimum Gasteiger partial charge on any atom is -0.379 e. The van der Waals surface area contributed by atoms with E-state index in [1.807, 2.05) is 25.1 Å². The molecule has 2 aromatic carbocycles. The maximum Gasteiger partial charge on any atom is 0.230 e. The number of thioether (sulfide) groups is 1. The second kappa shape index (κ2) is 10.0. The molecule has 0 bridgehead atoms. The van der Waals surface area contributed by atoms with Crippen LogP contribution in [0, 0.1) is 11.6 Å². The zero-order chi connectivity index (χ0) is 19.9. The molecule has 1 saturated heterocycles. The lowest BCUT2D eigenvalue weighted by Crippen LogP contribution is -2.48. The first-order valence-corrected chi connectivity index (χ1v) is 10.3.